The Morgan fingerprint density at radius 1 is 0.541 bits per heavy atom. The highest BCUT2D eigenvalue weighted by Gasteiger charge is 2.35. The number of H-pyrrole nitrogens is 1. The third-order valence-electron chi connectivity index (χ3n) is 7.82. The van der Waals surface area contributed by atoms with Gasteiger partial charge in [0.2, 0.25) is 0 Å². The molecule has 5 aromatic carbocycles. The van der Waals surface area contributed by atoms with Gasteiger partial charge in [0.25, 0.3) is 0 Å². The van der Waals surface area contributed by atoms with Gasteiger partial charge in [0.05, 0.1) is 0 Å². The number of rotatable bonds is 3. The van der Waals surface area contributed by atoms with Gasteiger partial charge in [0, 0.05) is 27.2 Å². The van der Waals surface area contributed by atoms with Gasteiger partial charge in [-0.05, 0) is 69.1 Å². The first-order valence-corrected chi connectivity index (χ1v) is 13.4. The quantitative estimate of drug-likeness (QED) is 0.260. The van der Waals surface area contributed by atoms with Crippen LogP contribution in [-0.2, 0) is 11.8 Å². The summed E-state index contributed by atoms with van der Waals surface area (Å²) >= 11 is 0. The second-order valence-electron chi connectivity index (χ2n) is 10.4. The molecule has 1 aromatic heterocycles. The first-order valence-electron chi connectivity index (χ1n) is 13.4. The Labute approximate surface area is 219 Å². The number of aromatic nitrogens is 1. The number of benzene rings is 5. The number of aromatic amines is 1. The fourth-order valence-corrected chi connectivity index (χ4v) is 5.99. The van der Waals surface area contributed by atoms with Gasteiger partial charge in [-0.2, -0.15) is 0 Å². The van der Waals surface area contributed by atoms with Crippen LogP contribution in [0.4, 0.5) is 0 Å². The van der Waals surface area contributed by atoms with Gasteiger partial charge in [-0.25, -0.2) is 0 Å². The van der Waals surface area contributed by atoms with Crippen LogP contribution in [-0.4, -0.2) is 4.98 Å². The van der Waals surface area contributed by atoms with Crippen LogP contribution in [0.2, 0.25) is 0 Å². The third-order valence-corrected chi connectivity index (χ3v) is 7.82. The summed E-state index contributed by atoms with van der Waals surface area (Å²) in [6, 6.07) is 40.2. The van der Waals surface area contributed by atoms with Crippen LogP contribution in [0, 0.1) is 0 Å². The molecule has 1 heterocycles. The summed E-state index contributed by atoms with van der Waals surface area (Å²) in [5, 5.41) is 2.58. The van der Waals surface area contributed by atoms with Crippen LogP contribution in [0.3, 0.4) is 0 Å². The van der Waals surface area contributed by atoms with E-state index in [-0.39, 0.29) is 5.41 Å². The van der Waals surface area contributed by atoms with Crippen molar-refractivity contribution in [3.05, 3.63) is 131 Å². The fraction of sp³-hybridized carbons (Fsp3) is 0.167. The first kappa shape index (κ1) is 23.3. The topological polar surface area (TPSA) is 15.8 Å². The van der Waals surface area contributed by atoms with Crippen LogP contribution in [0.25, 0.3) is 44.1 Å². The van der Waals surface area contributed by atoms with Crippen molar-refractivity contribution in [3.8, 4) is 22.3 Å². The molecule has 0 spiro atoms. The summed E-state index contributed by atoms with van der Waals surface area (Å²) < 4.78 is 0. The lowest BCUT2D eigenvalue weighted by Gasteiger charge is -2.22. The van der Waals surface area contributed by atoms with E-state index in [1.54, 1.807) is 0 Å². The molecule has 6 aromatic rings. The molecule has 0 atom stereocenters. The molecule has 1 heteroatoms. The Morgan fingerprint density at radius 3 is 2.14 bits per heavy atom. The molecule has 0 saturated carbocycles. The number of para-hydroxylation sites is 1. The molecule has 37 heavy (non-hydrogen) atoms. The van der Waals surface area contributed by atoms with Gasteiger partial charge in [0.1, 0.15) is 0 Å². The summed E-state index contributed by atoms with van der Waals surface area (Å²) in [5.41, 5.74) is 13.3. The second kappa shape index (κ2) is 9.09. The Balaban J connectivity index is 0.00000123. The first-order chi connectivity index (χ1) is 18.1. The highest BCUT2D eigenvalue weighted by molar-refractivity contribution is 6.07. The molecule has 1 N–H and O–H groups in total. The van der Waals surface area contributed by atoms with E-state index in [9.17, 15) is 0 Å². The third kappa shape index (κ3) is 3.86. The zero-order valence-corrected chi connectivity index (χ0v) is 22.1. The van der Waals surface area contributed by atoms with Crippen LogP contribution in [0.15, 0.2) is 109 Å². The van der Waals surface area contributed by atoms with Crippen molar-refractivity contribution in [2.75, 3.05) is 0 Å². The largest absolute Gasteiger partial charge is 0.355 e. The number of hydrogen-bond acceptors (Lipinski definition) is 0. The molecule has 7 rings (SSSR count). The maximum atomic E-state index is 3.58. The van der Waals surface area contributed by atoms with E-state index < -0.39 is 0 Å². The lowest BCUT2D eigenvalue weighted by molar-refractivity contribution is 0.660. The predicted molar refractivity (Wildman–Crippen MR) is 159 cm³/mol. The molecule has 1 nitrogen and oxygen atoms in total. The second-order valence-corrected chi connectivity index (χ2v) is 10.4. The van der Waals surface area contributed by atoms with E-state index in [1.165, 1.54) is 66.3 Å². The van der Waals surface area contributed by atoms with E-state index in [4.69, 9.17) is 0 Å². The molecule has 0 amide bonds. The summed E-state index contributed by atoms with van der Waals surface area (Å²) in [6.45, 7) is 8.69. The van der Waals surface area contributed by atoms with Crippen LogP contribution >= 0.6 is 0 Å². The molecule has 0 aliphatic heterocycles. The highest BCUT2D eigenvalue weighted by atomic mass is 14.7. The van der Waals surface area contributed by atoms with Gasteiger partial charge in [0.15, 0.2) is 0 Å². The average Bonchev–Trinajstić information content (AvgIpc) is 3.42. The van der Waals surface area contributed by atoms with E-state index in [0.29, 0.717) is 0 Å². The number of hydrogen-bond donors (Lipinski definition) is 1. The number of nitrogens with one attached hydrogen (secondary N) is 1. The van der Waals surface area contributed by atoms with E-state index in [1.807, 2.05) is 13.8 Å². The molecule has 182 valence electrons. The Kier molecular flexibility index (Phi) is 5.72. The molecule has 0 unspecified atom stereocenters. The van der Waals surface area contributed by atoms with Gasteiger partial charge < -0.3 is 4.98 Å². The Hall–Kier alpha value is -4.10. The van der Waals surface area contributed by atoms with E-state index >= 15 is 0 Å². The summed E-state index contributed by atoms with van der Waals surface area (Å²) in [4.78, 5) is 3.58. The minimum absolute atomic E-state index is 0.0224. The molecular weight excluding hydrogens is 446 g/mol. The highest BCUT2D eigenvalue weighted by Crippen LogP contribution is 2.49. The van der Waals surface area contributed by atoms with Crippen molar-refractivity contribution >= 4 is 21.8 Å². The molecular formula is C36H33N. The van der Waals surface area contributed by atoms with E-state index in [2.05, 4.69) is 128 Å². The molecule has 0 bridgehead atoms. The molecule has 1 aliphatic carbocycles. The van der Waals surface area contributed by atoms with Gasteiger partial charge in [-0.1, -0.05) is 119 Å². The van der Waals surface area contributed by atoms with Crippen LogP contribution in [0.5, 0.6) is 0 Å². The minimum atomic E-state index is 0.0224. The SMILES string of the molecule is CC.CC1(C)c2ccccc2-c2ccc(-c3cccc(Cc4ccc5c(c4)[nH]c4ccccc45)c3)cc21. The molecule has 1 aliphatic rings. The van der Waals surface area contributed by atoms with Crippen LogP contribution < -0.4 is 0 Å². The Bertz CT molecular complexity index is 1750. The lowest BCUT2D eigenvalue weighted by atomic mass is 9.81. The lowest BCUT2D eigenvalue weighted by Crippen LogP contribution is -2.14. The van der Waals surface area contributed by atoms with Crippen molar-refractivity contribution in [2.24, 2.45) is 0 Å². The van der Waals surface area contributed by atoms with Gasteiger partial charge >= 0.3 is 0 Å². The fourth-order valence-electron chi connectivity index (χ4n) is 5.99. The molecule has 0 saturated heterocycles. The van der Waals surface area contributed by atoms with Crippen molar-refractivity contribution in [1.29, 1.82) is 0 Å². The summed E-state index contributed by atoms with van der Waals surface area (Å²) in [7, 11) is 0. The van der Waals surface area contributed by atoms with E-state index in [0.717, 1.165) is 6.42 Å². The maximum Gasteiger partial charge on any atom is 0.0467 e. The average molecular weight is 480 g/mol. The van der Waals surface area contributed by atoms with Gasteiger partial charge in [-0.3, -0.25) is 0 Å². The monoisotopic (exact) mass is 479 g/mol. The molecule has 0 radical (unpaired) electrons. The zero-order chi connectivity index (χ0) is 25.6. The summed E-state index contributed by atoms with van der Waals surface area (Å²) in [5.74, 6) is 0. The Morgan fingerprint density at radius 2 is 1.24 bits per heavy atom. The van der Waals surface area contributed by atoms with Gasteiger partial charge in [-0.15, -0.1) is 0 Å². The van der Waals surface area contributed by atoms with Crippen molar-refractivity contribution in [2.45, 2.75) is 39.5 Å². The number of fused-ring (bicyclic) bond motifs is 6. The standard InChI is InChI=1S/C34H27N.C2H6/c1-34(2)30-12-5-3-10-26(30)27-17-15-25(21-31(27)34)24-9-7-8-22(19-24)18-23-14-16-29-28-11-4-6-13-32(28)35-33(29)20-23;1-2/h3-17,19-21,35H,18H2,1-2H3;1-2H3. The van der Waals surface area contributed by atoms with Crippen LogP contribution in [0.1, 0.15) is 49.9 Å². The van der Waals surface area contributed by atoms with Crippen molar-refractivity contribution in [3.63, 3.8) is 0 Å². The molecule has 0 fully saturated rings. The normalized spacial score (nSPS) is 13.2. The predicted octanol–water partition coefficient (Wildman–Crippen LogP) is 9.91. The minimum Gasteiger partial charge on any atom is -0.355 e. The smallest absolute Gasteiger partial charge is 0.0467 e. The summed E-state index contributed by atoms with van der Waals surface area (Å²) in [6.07, 6.45) is 0.918. The van der Waals surface area contributed by atoms with Crippen molar-refractivity contribution in [1.82, 2.24) is 4.98 Å². The zero-order valence-electron chi connectivity index (χ0n) is 22.1. The van der Waals surface area contributed by atoms with Crippen molar-refractivity contribution < 1.29 is 0 Å². The maximum absolute atomic E-state index is 3.58.